The third-order valence-electron chi connectivity index (χ3n) is 2.83. The quantitative estimate of drug-likeness (QED) is 0.734. The third-order valence-corrected chi connectivity index (χ3v) is 2.83. The van der Waals surface area contributed by atoms with Gasteiger partial charge in [-0.1, -0.05) is 18.2 Å². The third kappa shape index (κ3) is 6.22. The Morgan fingerprint density at radius 1 is 1.20 bits per heavy atom. The largest absolute Gasteiger partial charge is 0.466 e. The Bertz CT molecular complexity index is 420. The molecule has 1 rings (SSSR count). The molecule has 110 valence electrons. The van der Waals surface area contributed by atoms with Crippen LogP contribution in [0.3, 0.4) is 0 Å². The van der Waals surface area contributed by atoms with Crippen molar-refractivity contribution in [1.82, 2.24) is 5.32 Å². The van der Waals surface area contributed by atoms with Crippen LogP contribution in [0.1, 0.15) is 19.8 Å². The summed E-state index contributed by atoms with van der Waals surface area (Å²) in [7, 11) is 1.97. The minimum Gasteiger partial charge on any atom is -0.466 e. The van der Waals surface area contributed by atoms with Crippen molar-refractivity contribution in [3.05, 3.63) is 30.3 Å². The van der Waals surface area contributed by atoms with E-state index >= 15 is 0 Å². The molecular weight excluding hydrogens is 256 g/mol. The van der Waals surface area contributed by atoms with Crippen LogP contribution < -0.4 is 10.2 Å². The highest BCUT2D eigenvalue weighted by Gasteiger charge is 2.07. The summed E-state index contributed by atoms with van der Waals surface area (Å²) >= 11 is 0. The Balaban J connectivity index is 2.17. The van der Waals surface area contributed by atoms with E-state index in [1.165, 1.54) is 0 Å². The Hall–Kier alpha value is -2.04. The summed E-state index contributed by atoms with van der Waals surface area (Å²) in [6.07, 6.45) is 0.308. The van der Waals surface area contributed by atoms with Crippen molar-refractivity contribution < 1.29 is 14.3 Å². The standard InChI is InChI=1S/C15H22N2O3/c1-3-20-15(19)10-9-14(18)16-11-12-17(2)13-7-5-4-6-8-13/h4-8H,3,9-12H2,1-2H3,(H,16,18). The van der Waals surface area contributed by atoms with E-state index in [1.807, 2.05) is 37.4 Å². The zero-order chi connectivity index (χ0) is 14.8. The Kier molecular flexibility index (Phi) is 7.17. The first-order valence-electron chi connectivity index (χ1n) is 6.82. The smallest absolute Gasteiger partial charge is 0.306 e. The summed E-state index contributed by atoms with van der Waals surface area (Å²) in [4.78, 5) is 24.7. The van der Waals surface area contributed by atoms with Crippen LogP contribution in [0, 0.1) is 0 Å². The molecule has 0 aliphatic carbocycles. The van der Waals surface area contributed by atoms with Gasteiger partial charge in [0.2, 0.25) is 5.91 Å². The predicted molar refractivity (Wildman–Crippen MR) is 78.6 cm³/mol. The van der Waals surface area contributed by atoms with Crippen molar-refractivity contribution >= 4 is 17.6 Å². The van der Waals surface area contributed by atoms with Crippen LogP contribution in [-0.4, -0.2) is 38.6 Å². The maximum atomic E-state index is 11.5. The molecule has 5 nitrogen and oxygen atoms in total. The van der Waals surface area contributed by atoms with Crippen molar-refractivity contribution in [2.75, 3.05) is 31.6 Å². The number of nitrogens with one attached hydrogen (secondary N) is 1. The Morgan fingerprint density at radius 2 is 1.90 bits per heavy atom. The fourth-order valence-corrected chi connectivity index (χ4v) is 1.71. The van der Waals surface area contributed by atoms with E-state index < -0.39 is 0 Å². The number of para-hydroxylation sites is 1. The average molecular weight is 278 g/mol. The van der Waals surface area contributed by atoms with Crippen LogP contribution in [0.2, 0.25) is 0 Å². The van der Waals surface area contributed by atoms with Crippen molar-refractivity contribution in [2.45, 2.75) is 19.8 Å². The van der Waals surface area contributed by atoms with Gasteiger partial charge < -0.3 is 15.0 Å². The molecule has 1 aromatic rings. The number of anilines is 1. The second kappa shape index (κ2) is 8.96. The van der Waals surface area contributed by atoms with E-state index in [0.29, 0.717) is 13.2 Å². The van der Waals surface area contributed by atoms with E-state index in [0.717, 1.165) is 12.2 Å². The molecule has 0 spiro atoms. The Morgan fingerprint density at radius 3 is 2.55 bits per heavy atom. The van der Waals surface area contributed by atoms with Gasteiger partial charge in [0.15, 0.2) is 0 Å². The monoisotopic (exact) mass is 278 g/mol. The van der Waals surface area contributed by atoms with Gasteiger partial charge >= 0.3 is 5.97 Å². The first-order valence-corrected chi connectivity index (χ1v) is 6.82. The lowest BCUT2D eigenvalue weighted by atomic mass is 10.3. The van der Waals surface area contributed by atoms with Gasteiger partial charge in [-0.05, 0) is 19.1 Å². The number of likely N-dealkylation sites (N-methyl/N-ethyl adjacent to an activating group) is 1. The summed E-state index contributed by atoms with van der Waals surface area (Å²) < 4.78 is 4.77. The van der Waals surface area contributed by atoms with Crippen molar-refractivity contribution in [3.8, 4) is 0 Å². The molecule has 0 aromatic heterocycles. The summed E-state index contributed by atoms with van der Waals surface area (Å²) in [6, 6.07) is 9.95. The number of hydrogen-bond donors (Lipinski definition) is 1. The van der Waals surface area contributed by atoms with Gasteiger partial charge in [0, 0.05) is 32.2 Å². The molecule has 0 bridgehead atoms. The molecule has 0 saturated heterocycles. The van der Waals surface area contributed by atoms with E-state index in [2.05, 4.69) is 10.2 Å². The molecule has 0 unspecified atom stereocenters. The highest BCUT2D eigenvalue weighted by Crippen LogP contribution is 2.09. The van der Waals surface area contributed by atoms with Gasteiger partial charge in [-0.2, -0.15) is 0 Å². The first kappa shape index (κ1) is 16.0. The molecule has 1 amide bonds. The molecule has 1 aromatic carbocycles. The van der Waals surface area contributed by atoms with E-state index in [9.17, 15) is 9.59 Å². The van der Waals surface area contributed by atoms with Crippen molar-refractivity contribution in [3.63, 3.8) is 0 Å². The highest BCUT2D eigenvalue weighted by molar-refractivity contribution is 5.81. The molecule has 0 aliphatic heterocycles. The molecular formula is C15H22N2O3. The van der Waals surface area contributed by atoms with Crippen LogP contribution in [0.25, 0.3) is 0 Å². The zero-order valence-electron chi connectivity index (χ0n) is 12.1. The molecule has 0 atom stereocenters. The topological polar surface area (TPSA) is 58.6 Å². The highest BCUT2D eigenvalue weighted by atomic mass is 16.5. The minimum absolute atomic E-state index is 0.125. The number of benzene rings is 1. The lowest BCUT2D eigenvalue weighted by molar-refractivity contribution is -0.144. The fraction of sp³-hybridized carbons (Fsp3) is 0.467. The summed E-state index contributed by atoms with van der Waals surface area (Å²) in [5.41, 5.74) is 1.10. The predicted octanol–water partition coefficient (Wildman–Crippen LogP) is 1.58. The molecule has 0 fully saturated rings. The number of nitrogens with zero attached hydrogens (tertiary/aromatic N) is 1. The maximum absolute atomic E-state index is 11.5. The van der Waals surface area contributed by atoms with Gasteiger partial charge in [-0.25, -0.2) is 0 Å². The van der Waals surface area contributed by atoms with Crippen LogP contribution >= 0.6 is 0 Å². The number of hydrogen-bond acceptors (Lipinski definition) is 4. The van der Waals surface area contributed by atoms with E-state index in [-0.39, 0.29) is 24.7 Å². The minimum atomic E-state index is -0.330. The molecule has 1 N–H and O–H groups in total. The summed E-state index contributed by atoms with van der Waals surface area (Å²) in [5.74, 6) is -0.455. The molecule has 0 radical (unpaired) electrons. The van der Waals surface area contributed by atoms with Gasteiger partial charge in [-0.3, -0.25) is 9.59 Å². The SMILES string of the molecule is CCOC(=O)CCC(=O)NCCN(C)c1ccccc1. The van der Waals surface area contributed by atoms with Crippen LogP contribution in [0.5, 0.6) is 0 Å². The van der Waals surface area contributed by atoms with Crippen molar-refractivity contribution in [2.24, 2.45) is 0 Å². The summed E-state index contributed by atoms with van der Waals surface area (Å²) in [5, 5.41) is 2.79. The number of rotatable bonds is 8. The number of amides is 1. The molecule has 5 heteroatoms. The number of esters is 1. The lowest BCUT2D eigenvalue weighted by Crippen LogP contribution is -2.33. The summed E-state index contributed by atoms with van der Waals surface area (Å²) in [6.45, 7) is 3.36. The number of ether oxygens (including phenoxy) is 1. The Labute approximate surface area is 119 Å². The molecule has 0 heterocycles. The average Bonchev–Trinajstić information content (AvgIpc) is 2.46. The fourth-order valence-electron chi connectivity index (χ4n) is 1.71. The van der Waals surface area contributed by atoms with E-state index in [1.54, 1.807) is 6.92 Å². The number of carbonyl (C=O) groups excluding carboxylic acids is 2. The molecule has 0 saturated carbocycles. The lowest BCUT2D eigenvalue weighted by Gasteiger charge is -2.19. The van der Waals surface area contributed by atoms with Gasteiger partial charge in [0.05, 0.1) is 13.0 Å². The number of carbonyl (C=O) groups is 2. The van der Waals surface area contributed by atoms with Crippen molar-refractivity contribution in [1.29, 1.82) is 0 Å². The molecule has 0 aliphatic rings. The normalized spacial score (nSPS) is 9.90. The van der Waals surface area contributed by atoms with Gasteiger partial charge in [-0.15, -0.1) is 0 Å². The maximum Gasteiger partial charge on any atom is 0.306 e. The molecule has 20 heavy (non-hydrogen) atoms. The van der Waals surface area contributed by atoms with Crippen LogP contribution in [0.4, 0.5) is 5.69 Å². The van der Waals surface area contributed by atoms with Crippen LogP contribution in [0.15, 0.2) is 30.3 Å². The second-order valence-electron chi connectivity index (χ2n) is 4.41. The first-order chi connectivity index (χ1) is 9.63. The van der Waals surface area contributed by atoms with E-state index in [4.69, 9.17) is 4.74 Å². The zero-order valence-corrected chi connectivity index (χ0v) is 12.1. The van der Waals surface area contributed by atoms with Crippen LogP contribution in [-0.2, 0) is 14.3 Å². The van der Waals surface area contributed by atoms with Gasteiger partial charge in [0.25, 0.3) is 0 Å². The second-order valence-corrected chi connectivity index (χ2v) is 4.41. The van der Waals surface area contributed by atoms with Gasteiger partial charge in [0.1, 0.15) is 0 Å².